The van der Waals surface area contributed by atoms with E-state index in [4.69, 9.17) is 5.73 Å². The Balaban J connectivity index is 2.26. The van der Waals surface area contributed by atoms with Crippen LogP contribution in [0.5, 0.6) is 0 Å². The van der Waals surface area contributed by atoms with E-state index in [1.807, 2.05) is 13.8 Å². The lowest BCUT2D eigenvalue weighted by Gasteiger charge is -2.16. The molecule has 92 valence electrons. The first-order chi connectivity index (χ1) is 7.85. The Hall–Kier alpha value is -1.14. The molecule has 2 aromatic rings. The highest BCUT2D eigenvalue weighted by Gasteiger charge is 2.14. The van der Waals surface area contributed by atoms with Gasteiger partial charge in [0.05, 0.1) is 11.0 Å². The van der Waals surface area contributed by atoms with Crippen molar-refractivity contribution in [2.45, 2.75) is 24.5 Å². The smallest absolute Gasteiger partial charge is 0.166 e. The molecule has 0 unspecified atom stereocenters. The van der Waals surface area contributed by atoms with Crippen molar-refractivity contribution in [3.63, 3.8) is 0 Å². The summed E-state index contributed by atoms with van der Waals surface area (Å²) in [6, 6.07) is 2.19. The molecule has 0 spiro atoms. The number of benzene rings is 1. The fourth-order valence-corrected chi connectivity index (χ4v) is 2.16. The third-order valence-electron chi connectivity index (χ3n) is 2.08. The molecule has 6 heteroatoms. The molecule has 0 fully saturated rings. The molecule has 1 aromatic carbocycles. The molecule has 1 aromatic heterocycles. The number of aromatic amines is 1. The molecule has 0 aliphatic rings. The Bertz CT molecular complexity index is 506. The highest BCUT2D eigenvalue weighted by atomic mass is 32.2. The third-order valence-corrected chi connectivity index (χ3v) is 3.44. The first-order valence-electron chi connectivity index (χ1n) is 5.11. The van der Waals surface area contributed by atoms with Crippen LogP contribution in [0.2, 0.25) is 0 Å². The predicted octanol–water partition coefficient (Wildman–Crippen LogP) is 2.67. The number of imidazole rings is 1. The number of halogens is 2. The number of rotatable bonds is 3. The normalized spacial score (nSPS) is 12.3. The molecule has 3 N–H and O–H groups in total. The molecule has 0 aliphatic heterocycles. The number of H-pyrrole nitrogens is 1. The largest absolute Gasteiger partial charge is 0.333 e. The number of hydrogen-bond acceptors (Lipinski definition) is 3. The average Bonchev–Trinajstić information content (AvgIpc) is 2.57. The summed E-state index contributed by atoms with van der Waals surface area (Å²) in [5.41, 5.74) is 6.43. The van der Waals surface area contributed by atoms with Gasteiger partial charge in [-0.3, -0.25) is 0 Å². The summed E-state index contributed by atoms with van der Waals surface area (Å²) < 4.78 is 26.0. The zero-order valence-corrected chi connectivity index (χ0v) is 10.4. The molecule has 1 heterocycles. The average molecular weight is 257 g/mol. The summed E-state index contributed by atoms with van der Waals surface area (Å²) in [5, 5.41) is 0.614. The summed E-state index contributed by atoms with van der Waals surface area (Å²) in [7, 11) is 0. The van der Waals surface area contributed by atoms with Crippen LogP contribution in [0.15, 0.2) is 17.3 Å². The van der Waals surface area contributed by atoms with Crippen molar-refractivity contribution < 1.29 is 8.78 Å². The minimum atomic E-state index is -0.889. The van der Waals surface area contributed by atoms with Crippen molar-refractivity contribution in [3.8, 4) is 0 Å². The van der Waals surface area contributed by atoms with E-state index in [0.717, 1.165) is 12.1 Å². The number of aromatic nitrogens is 2. The van der Waals surface area contributed by atoms with Gasteiger partial charge in [0.1, 0.15) is 0 Å². The fourth-order valence-electron chi connectivity index (χ4n) is 1.30. The van der Waals surface area contributed by atoms with Gasteiger partial charge in [-0.15, -0.1) is 0 Å². The van der Waals surface area contributed by atoms with Gasteiger partial charge >= 0.3 is 0 Å². The lowest BCUT2D eigenvalue weighted by atomic mass is 10.1. The van der Waals surface area contributed by atoms with E-state index in [1.165, 1.54) is 11.8 Å². The molecule has 0 saturated heterocycles. The Morgan fingerprint density at radius 3 is 2.65 bits per heavy atom. The van der Waals surface area contributed by atoms with E-state index >= 15 is 0 Å². The summed E-state index contributed by atoms with van der Waals surface area (Å²) in [6.07, 6.45) is 0. The Morgan fingerprint density at radius 1 is 1.35 bits per heavy atom. The van der Waals surface area contributed by atoms with Gasteiger partial charge in [-0.05, 0) is 13.8 Å². The fraction of sp³-hybridized carbons (Fsp3) is 0.364. The molecule has 2 rings (SSSR count). The maximum absolute atomic E-state index is 13.0. The van der Waals surface area contributed by atoms with Gasteiger partial charge in [-0.2, -0.15) is 0 Å². The second kappa shape index (κ2) is 4.27. The van der Waals surface area contributed by atoms with E-state index in [1.54, 1.807) is 0 Å². The van der Waals surface area contributed by atoms with E-state index in [9.17, 15) is 8.78 Å². The van der Waals surface area contributed by atoms with E-state index < -0.39 is 11.6 Å². The van der Waals surface area contributed by atoms with Crippen molar-refractivity contribution in [2.24, 2.45) is 5.73 Å². The SMILES string of the molecule is CC(C)(N)CSc1nc2cc(F)c(F)cc2[nH]1. The summed E-state index contributed by atoms with van der Waals surface area (Å²) >= 11 is 1.43. The molecule has 3 nitrogen and oxygen atoms in total. The van der Waals surface area contributed by atoms with Crippen molar-refractivity contribution in [3.05, 3.63) is 23.8 Å². The predicted molar refractivity (Wildman–Crippen MR) is 65.0 cm³/mol. The van der Waals surface area contributed by atoms with Crippen molar-refractivity contribution in [1.29, 1.82) is 0 Å². The molecule has 0 amide bonds. The Kier molecular flexibility index (Phi) is 3.09. The van der Waals surface area contributed by atoms with E-state index in [-0.39, 0.29) is 5.54 Å². The quantitative estimate of drug-likeness (QED) is 0.831. The van der Waals surface area contributed by atoms with Crippen molar-refractivity contribution in [1.82, 2.24) is 9.97 Å². The Morgan fingerprint density at radius 2 is 2.00 bits per heavy atom. The zero-order valence-electron chi connectivity index (χ0n) is 9.55. The topological polar surface area (TPSA) is 54.7 Å². The maximum atomic E-state index is 13.0. The monoisotopic (exact) mass is 257 g/mol. The molecule has 0 radical (unpaired) electrons. The molecule has 0 bridgehead atoms. The van der Waals surface area contributed by atoms with Crippen LogP contribution in [0.3, 0.4) is 0 Å². The van der Waals surface area contributed by atoms with Gasteiger partial charge in [0.15, 0.2) is 16.8 Å². The number of hydrogen-bond donors (Lipinski definition) is 2. The van der Waals surface area contributed by atoms with Gasteiger partial charge < -0.3 is 10.7 Å². The second-order valence-electron chi connectivity index (χ2n) is 4.60. The van der Waals surface area contributed by atoms with Crippen LogP contribution >= 0.6 is 11.8 Å². The van der Waals surface area contributed by atoms with Crippen LogP contribution in [-0.2, 0) is 0 Å². The standard InChI is InChI=1S/C11H13F2N3S/c1-11(2,14)5-17-10-15-8-3-6(12)7(13)4-9(8)16-10/h3-4H,5,14H2,1-2H3,(H,15,16). The summed E-state index contributed by atoms with van der Waals surface area (Å²) in [6.45, 7) is 3.81. The van der Waals surface area contributed by atoms with Crippen LogP contribution in [0.25, 0.3) is 11.0 Å². The molecule has 0 atom stereocenters. The van der Waals surface area contributed by atoms with Crippen LogP contribution < -0.4 is 5.73 Å². The highest BCUT2D eigenvalue weighted by Crippen LogP contribution is 2.23. The number of fused-ring (bicyclic) bond motifs is 1. The first kappa shape index (κ1) is 12.3. The third kappa shape index (κ3) is 2.95. The number of nitrogens with one attached hydrogen (secondary N) is 1. The first-order valence-corrected chi connectivity index (χ1v) is 6.10. The number of nitrogens with two attached hydrogens (primary N) is 1. The van der Waals surface area contributed by atoms with Crippen LogP contribution in [0.4, 0.5) is 8.78 Å². The van der Waals surface area contributed by atoms with Crippen LogP contribution in [0.1, 0.15) is 13.8 Å². The van der Waals surface area contributed by atoms with Gasteiger partial charge in [-0.25, -0.2) is 13.8 Å². The van der Waals surface area contributed by atoms with Gasteiger partial charge in [-0.1, -0.05) is 11.8 Å². The molecule has 0 saturated carbocycles. The summed E-state index contributed by atoms with van der Waals surface area (Å²) in [5.74, 6) is -1.10. The van der Waals surface area contributed by atoms with Crippen LogP contribution in [0, 0.1) is 11.6 Å². The molecule has 17 heavy (non-hydrogen) atoms. The lowest BCUT2D eigenvalue weighted by Crippen LogP contribution is -2.34. The molecular formula is C11H13F2N3S. The lowest BCUT2D eigenvalue weighted by molar-refractivity contribution is 0.510. The van der Waals surface area contributed by atoms with Gasteiger partial charge in [0.2, 0.25) is 0 Å². The summed E-state index contributed by atoms with van der Waals surface area (Å²) in [4.78, 5) is 7.09. The number of thioether (sulfide) groups is 1. The minimum Gasteiger partial charge on any atom is -0.333 e. The van der Waals surface area contributed by atoms with E-state index in [2.05, 4.69) is 9.97 Å². The van der Waals surface area contributed by atoms with E-state index in [0.29, 0.717) is 21.9 Å². The maximum Gasteiger partial charge on any atom is 0.166 e. The minimum absolute atomic E-state index is 0.319. The molecular weight excluding hydrogens is 244 g/mol. The Labute approximate surface area is 102 Å². The zero-order chi connectivity index (χ0) is 12.6. The van der Waals surface area contributed by atoms with Gasteiger partial charge in [0, 0.05) is 23.4 Å². The van der Waals surface area contributed by atoms with Crippen molar-refractivity contribution >= 4 is 22.8 Å². The van der Waals surface area contributed by atoms with Crippen LogP contribution in [-0.4, -0.2) is 21.3 Å². The second-order valence-corrected chi connectivity index (χ2v) is 5.57. The number of nitrogens with zero attached hydrogens (tertiary/aromatic N) is 1. The highest BCUT2D eigenvalue weighted by molar-refractivity contribution is 7.99. The van der Waals surface area contributed by atoms with Gasteiger partial charge in [0.25, 0.3) is 0 Å². The molecule has 0 aliphatic carbocycles. The van der Waals surface area contributed by atoms with Crippen molar-refractivity contribution in [2.75, 3.05) is 5.75 Å².